The van der Waals surface area contributed by atoms with Gasteiger partial charge in [0.05, 0.1) is 29.7 Å². The fraction of sp³-hybridized carbons (Fsp3) is 0.231. The normalized spacial score (nSPS) is 15.8. The molecule has 1 aliphatic rings. The summed E-state index contributed by atoms with van der Waals surface area (Å²) < 4.78 is 11.4. The molecule has 0 saturated heterocycles. The van der Waals surface area contributed by atoms with Crippen LogP contribution in [0.5, 0.6) is 11.5 Å². The first-order chi connectivity index (χ1) is 16.0. The number of hydrogen-bond acceptors (Lipinski definition) is 6. The first-order valence-electron chi connectivity index (χ1n) is 10.8. The number of anilines is 1. The topological polar surface area (TPSA) is 76.1 Å². The van der Waals surface area contributed by atoms with E-state index in [-0.39, 0.29) is 11.4 Å². The monoisotopic (exact) mass is 463 g/mol. The number of ketones is 1. The Morgan fingerprint density at radius 2 is 1.79 bits per heavy atom. The Labute approximate surface area is 196 Å². The van der Waals surface area contributed by atoms with Gasteiger partial charge in [-0.2, -0.15) is 0 Å². The number of carbonyl (C=O) groups is 2. The third-order valence-corrected chi connectivity index (χ3v) is 6.23. The number of aliphatic hydroxyl groups is 1. The minimum atomic E-state index is -0.778. The summed E-state index contributed by atoms with van der Waals surface area (Å²) in [5, 5.41) is 12.7. The smallest absolute Gasteiger partial charge is 0.294 e. The van der Waals surface area contributed by atoms with Crippen molar-refractivity contribution in [3.05, 3.63) is 87.3 Å². The van der Waals surface area contributed by atoms with E-state index in [4.69, 9.17) is 9.47 Å². The molecule has 1 amide bonds. The summed E-state index contributed by atoms with van der Waals surface area (Å²) in [6.07, 6.45) is 0. The van der Waals surface area contributed by atoms with Crippen molar-refractivity contribution in [3.8, 4) is 11.5 Å². The van der Waals surface area contributed by atoms with E-state index in [0.29, 0.717) is 35.3 Å². The zero-order valence-corrected chi connectivity index (χ0v) is 19.5. The number of thiophene rings is 1. The average molecular weight is 464 g/mol. The predicted octanol–water partition coefficient (Wildman–Crippen LogP) is 5.64. The molecule has 1 aliphatic heterocycles. The maximum atomic E-state index is 13.4. The molecule has 7 heteroatoms. The van der Waals surface area contributed by atoms with E-state index in [2.05, 4.69) is 0 Å². The lowest BCUT2D eigenvalue weighted by Gasteiger charge is -2.28. The van der Waals surface area contributed by atoms with Gasteiger partial charge in [0.2, 0.25) is 5.78 Å². The number of ether oxygens (including phenoxy) is 2. The highest BCUT2D eigenvalue weighted by Crippen LogP contribution is 2.44. The van der Waals surface area contributed by atoms with Crippen molar-refractivity contribution in [2.75, 3.05) is 18.1 Å². The SMILES string of the molecule is CCOc1ccc(N2C(=O)C(O)=C(C(=O)c3cccs3)C2c2cccc(C)c2)cc1OCC. The number of hydrogen-bond donors (Lipinski definition) is 1. The molecule has 33 heavy (non-hydrogen) atoms. The average Bonchev–Trinajstić information content (AvgIpc) is 3.43. The van der Waals surface area contributed by atoms with Crippen LogP contribution in [0.1, 0.15) is 40.7 Å². The maximum absolute atomic E-state index is 13.4. The van der Waals surface area contributed by atoms with Crippen molar-refractivity contribution in [2.24, 2.45) is 0 Å². The summed E-state index contributed by atoms with van der Waals surface area (Å²) in [7, 11) is 0. The van der Waals surface area contributed by atoms with Crippen LogP contribution >= 0.6 is 11.3 Å². The molecule has 1 aromatic heterocycles. The van der Waals surface area contributed by atoms with Gasteiger partial charge in [0, 0.05) is 11.8 Å². The lowest BCUT2D eigenvalue weighted by molar-refractivity contribution is -0.117. The number of aliphatic hydroxyl groups excluding tert-OH is 1. The van der Waals surface area contributed by atoms with Crippen LogP contribution in [0.15, 0.2) is 71.3 Å². The lowest BCUT2D eigenvalue weighted by atomic mass is 9.94. The second-order valence-corrected chi connectivity index (χ2v) is 8.51. The Hall–Kier alpha value is -3.58. The first-order valence-corrected chi connectivity index (χ1v) is 11.6. The van der Waals surface area contributed by atoms with Gasteiger partial charge in [-0.1, -0.05) is 35.9 Å². The summed E-state index contributed by atoms with van der Waals surface area (Å²) in [4.78, 5) is 28.6. The van der Waals surface area contributed by atoms with Gasteiger partial charge in [-0.3, -0.25) is 14.5 Å². The van der Waals surface area contributed by atoms with Crippen LogP contribution in [0.4, 0.5) is 5.69 Å². The fourth-order valence-corrected chi connectivity index (χ4v) is 4.67. The molecule has 170 valence electrons. The van der Waals surface area contributed by atoms with E-state index in [1.807, 2.05) is 45.0 Å². The molecule has 1 N–H and O–H groups in total. The molecule has 0 saturated carbocycles. The van der Waals surface area contributed by atoms with Gasteiger partial charge in [-0.15, -0.1) is 11.3 Å². The maximum Gasteiger partial charge on any atom is 0.294 e. The summed E-state index contributed by atoms with van der Waals surface area (Å²) in [6, 6.07) is 15.5. The van der Waals surface area contributed by atoms with Crippen LogP contribution < -0.4 is 14.4 Å². The Kier molecular flexibility index (Phi) is 6.51. The Morgan fingerprint density at radius 3 is 2.45 bits per heavy atom. The summed E-state index contributed by atoms with van der Waals surface area (Å²) in [5.74, 6) is -0.473. The Morgan fingerprint density at radius 1 is 1.03 bits per heavy atom. The predicted molar refractivity (Wildman–Crippen MR) is 128 cm³/mol. The van der Waals surface area contributed by atoms with Crippen LogP contribution in [0, 0.1) is 6.92 Å². The number of carbonyl (C=O) groups excluding carboxylic acids is 2. The quantitative estimate of drug-likeness (QED) is 0.438. The molecule has 1 atom stereocenters. The first kappa shape index (κ1) is 22.6. The van der Waals surface area contributed by atoms with Gasteiger partial charge in [0.1, 0.15) is 0 Å². The Balaban J connectivity index is 1.86. The highest BCUT2D eigenvalue weighted by atomic mass is 32.1. The molecule has 0 bridgehead atoms. The number of amides is 1. The van der Waals surface area contributed by atoms with Crippen molar-refractivity contribution in [1.29, 1.82) is 0 Å². The lowest BCUT2D eigenvalue weighted by Crippen LogP contribution is -2.31. The van der Waals surface area contributed by atoms with Crippen LogP contribution in [-0.4, -0.2) is 30.0 Å². The zero-order chi connectivity index (χ0) is 23.5. The second-order valence-electron chi connectivity index (χ2n) is 7.56. The van der Waals surface area contributed by atoms with Crippen LogP contribution in [0.25, 0.3) is 0 Å². The molecular weight excluding hydrogens is 438 g/mol. The van der Waals surface area contributed by atoms with Gasteiger partial charge >= 0.3 is 0 Å². The minimum Gasteiger partial charge on any atom is -0.503 e. The molecule has 0 aliphatic carbocycles. The number of aryl methyl sites for hydroxylation is 1. The zero-order valence-electron chi connectivity index (χ0n) is 18.7. The molecule has 0 fully saturated rings. The summed E-state index contributed by atoms with van der Waals surface area (Å²) >= 11 is 1.27. The summed E-state index contributed by atoms with van der Waals surface area (Å²) in [5.41, 5.74) is 2.29. The molecule has 1 unspecified atom stereocenters. The van der Waals surface area contributed by atoms with Crippen LogP contribution in [-0.2, 0) is 4.79 Å². The van der Waals surface area contributed by atoms with Gasteiger partial charge < -0.3 is 14.6 Å². The van der Waals surface area contributed by atoms with Crippen molar-refractivity contribution in [1.82, 2.24) is 0 Å². The van der Waals surface area contributed by atoms with E-state index in [1.165, 1.54) is 16.2 Å². The molecule has 2 aromatic carbocycles. The molecule has 2 heterocycles. The van der Waals surface area contributed by atoms with Crippen molar-refractivity contribution >= 4 is 28.7 Å². The van der Waals surface area contributed by atoms with Crippen molar-refractivity contribution < 1.29 is 24.2 Å². The van der Waals surface area contributed by atoms with Crippen molar-refractivity contribution in [2.45, 2.75) is 26.8 Å². The van der Waals surface area contributed by atoms with Gasteiger partial charge in [0.25, 0.3) is 5.91 Å². The minimum absolute atomic E-state index is 0.0693. The molecule has 3 aromatic rings. The molecule has 4 rings (SSSR count). The largest absolute Gasteiger partial charge is 0.503 e. The number of Topliss-reactive ketones (excluding diaryl/α,β-unsaturated/α-hetero) is 1. The highest BCUT2D eigenvalue weighted by molar-refractivity contribution is 7.12. The van der Waals surface area contributed by atoms with E-state index in [1.54, 1.807) is 35.7 Å². The van der Waals surface area contributed by atoms with E-state index >= 15 is 0 Å². The van der Waals surface area contributed by atoms with Crippen LogP contribution in [0.3, 0.4) is 0 Å². The third kappa shape index (κ3) is 4.24. The van der Waals surface area contributed by atoms with E-state index in [9.17, 15) is 14.7 Å². The van der Waals surface area contributed by atoms with Gasteiger partial charge in [0.15, 0.2) is 17.3 Å². The second kappa shape index (κ2) is 9.50. The van der Waals surface area contributed by atoms with E-state index in [0.717, 1.165) is 11.1 Å². The van der Waals surface area contributed by atoms with Crippen LogP contribution in [0.2, 0.25) is 0 Å². The highest BCUT2D eigenvalue weighted by Gasteiger charge is 2.45. The van der Waals surface area contributed by atoms with Gasteiger partial charge in [-0.05, 0) is 49.9 Å². The van der Waals surface area contributed by atoms with Crippen molar-refractivity contribution in [3.63, 3.8) is 0 Å². The molecule has 6 nitrogen and oxygen atoms in total. The fourth-order valence-electron chi connectivity index (χ4n) is 3.99. The Bertz CT molecular complexity index is 1220. The standard InChI is InChI=1S/C26H25NO5S/c1-4-31-19-12-11-18(15-20(19)32-5-2)27-23(17-9-6-8-16(3)14-17)22(25(29)26(27)30)24(28)21-10-7-13-33-21/h6-15,23,29H,4-5H2,1-3H3. The summed E-state index contributed by atoms with van der Waals surface area (Å²) in [6.45, 7) is 6.58. The van der Waals surface area contributed by atoms with E-state index < -0.39 is 17.7 Å². The molecular formula is C26H25NO5S. The number of rotatable bonds is 8. The third-order valence-electron chi connectivity index (χ3n) is 5.36. The number of benzene rings is 2. The molecule has 0 spiro atoms. The molecule has 0 radical (unpaired) electrons. The number of nitrogens with zero attached hydrogens (tertiary/aromatic N) is 1. The van der Waals surface area contributed by atoms with Gasteiger partial charge in [-0.25, -0.2) is 0 Å².